The molecule has 1 heterocycles. The van der Waals surface area contributed by atoms with Crippen LogP contribution in [0, 0.1) is 0 Å². The van der Waals surface area contributed by atoms with Gasteiger partial charge in [0, 0.05) is 26.1 Å². The van der Waals surface area contributed by atoms with Crippen LogP contribution in [-0.2, 0) is 16.6 Å². The Morgan fingerprint density at radius 3 is 2.67 bits per heavy atom. The first-order valence-electron chi connectivity index (χ1n) is 5.28. The second-order valence-corrected chi connectivity index (χ2v) is 3.65. The number of carboxylic acids is 1. The molecule has 18 heavy (non-hydrogen) atoms. The fraction of sp³-hybridized carbons (Fsp3) is 0.400. The van der Waals surface area contributed by atoms with E-state index in [9.17, 15) is 14.4 Å². The number of carbonyl (C=O) groups excluding carboxylic acids is 2. The van der Waals surface area contributed by atoms with Crippen LogP contribution in [0.4, 0.5) is 10.5 Å². The van der Waals surface area contributed by atoms with E-state index in [-0.39, 0.29) is 19.3 Å². The van der Waals surface area contributed by atoms with E-state index in [1.165, 1.54) is 10.9 Å². The zero-order valence-corrected chi connectivity index (χ0v) is 9.84. The Morgan fingerprint density at radius 2 is 2.11 bits per heavy atom. The van der Waals surface area contributed by atoms with Crippen molar-refractivity contribution in [3.05, 3.63) is 12.4 Å². The van der Waals surface area contributed by atoms with Crippen molar-refractivity contribution in [2.75, 3.05) is 5.32 Å². The van der Waals surface area contributed by atoms with Crippen molar-refractivity contribution in [2.24, 2.45) is 7.05 Å². The lowest BCUT2D eigenvalue weighted by Gasteiger charge is -2.03. The second kappa shape index (κ2) is 6.38. The normalized spacial score (nSPS) is 9.83. The van der Waals surface area contributed by atoms with Crippen molar-refractivity contribution < 1.29 is 19.5 Å². The number of nitrogens with zero attached hydrogens (tertiary/aromatic N) is 2. The number of anilines is 1. The highest BCUT2D eigenvalue weighted by molar-refractivity contribution is 6.01. The first kappa shape index (κ1) is 13.7. The predicted molar refractivity (Wildman–Crippen MR) is 61.9 cm³/mol. The van der Waals surface area contributed by atoms with Gasteiger partial charge in [-0.3, -0.25) is 19.6 Å². The Balaban J connectivity index is 2.27. The quantitative estimate of drug-likeness (QED) is 0.700. The number of amides is 3. The van der Waals surface area contributed by atoms with Gasteiger partial charge in [-0.15, -0.1) is 0 Å². The van der Waals surface area contributed by atoms with Gasteiger partial charge in [-0.05, 0) is 6.42 Å². The lowest BCUT2D eigenvalue weighted by Crippen LogP contribution is -2.34. The van der Waals surface area contributed by atoms with E-state index in [0.717, 1.165) is 0 Å². The topological polar surface area (TPSA) is 113 Å². The molecular formula is C10H14N4O4. The van der Waals surface area contributed by atoms with Crippen LogP contribution >= 0.6 is 0 Å². The number of hydrogen-bond donors (Lipinski definition) is 3. The Labute approximate surface area is 103 Å². The van der Waals surface area contributed by atoms with E-state index in [1.807, 2.05) is 0 Å². The molecule has 3 amide bonds. The molecule has 8 nitrogen and oxygen atoms in total. The maximum atomic E-state index is 11.3. The molecule has 0 spiro atoms. The molecule has 0 unspecified atom stereocenters. The average molecular weight is 254 g/mol. The van der Waals surface area contributed by atoms with Crippen molar-refractivity contribution in [3.8, 4) is 0 Å². The number of urea groups is 1. The molecule has 8 heteroatoms. The van der Waals surface area contributed by atoms with E-state index in [2.05, 4.69) is 15.7 Å². The molecule has 0 bridgehead atoms. The van der Waals surface area contributed by atoms with Crippen molar-refractivity contribution in [3.63, 3.8) is 0 Å². The summed E-state index contributed by atoms with van der Waals surface area (Å²) < 4.78 is 1.50. The molecule has 0 atom stereocenters. The van der Waals surface area contributed by atoms with Crippen LogP contribution in [0.3, 0.4) is 0 Å². The van der Waals surface area contributed by atoms with E-state index < -0.39 is 17.9 Å². The number of carboxylic acid groups (broad SMARTS) is 1. The van der Waals surface area contributed by atoms with Gasteiger partial charge in [0.25, 0.3) is 0 Å². The Bertz CT molecular complexity index is 454. The van der Waals surface area contributed by atoms with Crippen molar-refractivity contribution in [1.29, 1.82) is 0 Å². The standard InChI is InChI=1S/C10H14N4O4/c1-14-6-7(5-11-14)12-10(18)13-8(15)3-2-4-9(16)17/h5-6H,2-4H2,1H3,(H,16,17)(H2,12,13,15,18). The SMILES string of the molecule is Cn1cc(NC(=O)NC(=O)CCCC(=O)O)cn1. The molecule has 1 aromatic rings. The van der Waals surface area contributed by atoms with Crippen LogP contribution in [0.1, 0.15) is 19.3 Å². The van der Waals surface area contributed by atoms with Gasteiger partial charge in [0.05, 0.1) is 11.9 Å². The third-order valence-electron chi connectivity index (χ3n) is 2.01. The van der Waals surface area contributed by atoms with E-state index >= 15 is 0 Å². The lowest BCUT2D eigenvalue weighted by molar-refractivity contribution is -0.137. The van der Waals surface area contributed by atoms with Crippen molar-refractivity contribution in [1.82, 2.24) is 15.1 Å². The minimum atomic E-state index is -0.970. The molecule has 0 radical (unpaired) electrons. The van der Waals surface area contributed by atoms with Gasteiger partial charge >= 0.3 is 12.0 Å². The van der Waals surface area contributed by atoms with E-state index in [4.69, 9.17) is 5.11 Å². The second-order valence-electron chi connectivity index (χ2n) is 3.65. The van der Waals surface area contributed by atoms with Gasteiger partial charge in [0.1, 0.15) is 0 Å². The van der Waals surface area contributed by atoms with Crippen LogP contribution in [0.5, 0.6) is 0 Å². The minimum Gasteiger partial charge on any atom is -0.481 e. The minimum absolute atomic E-state index is 0.00718. The number of hydrogen-bond acceptors (Lipinski definition) is 4. The fourth-order valence-corrected chi connectivity index (χ4v) is 1.24. The highest BCUT2D eigenvalue weighted by Gasteiger charge is 2.09. The third-order valence-corrected chi connectivity index (χ3v) is 2.01. The van der Waals surface area contributed by atoms with Crippen LogP contribution < -0.4 is 10.6 Å². The summed E-state index contributed by atoms with van der Waals surface area (Å²) in [5.74, 6) is -1.49. The Morgan fingerprint density at radius 1 is 1.39 bits per heavy atom. The molecule has 0 saturated carbocycles. The third kappa shape index (κ3) is 5.10. The number of aliphatic carboxylic acids is 1. The van der Waals surface area contributed by atoms with E-state index in [1.54, 1.807) is 13.2 Å². The molecule has 0 saturated heterocycles. The molecule has 0 aliphatic carbocycles. The Hall–Kier alpha value is -2.38. The summed E-state index contributed by atoms with van der Waals surface area (Å²) in [6.45, 7) is 0. The van der Waals surface area contributed by atoms with E-state index in [0.29, 0.717) is 5.69 Å². The summed E-state index contributed by atoms with van der Waals surface area (Å²) in [5.41, 5.74) is 0.466. The van der Waals surface area contributed by atoms with Gasteiger partial charge in [0.15, 0.2) is 0 Å². The average Bonchev–Trinajstić information content (AvgIpc) is 2.62. The fourth-order valence-electron chi connectivity index (χ4n) is 1.24. The Kier molecular flexibility index (Phi) is 4.85. The smallest absolute Gasteiger partial charge is 0.325 e. The van der Waals surface area contributed by atoms with Gasteiger partial charge in [0.2, 0.25) is 5.91 Å². The van der Waals surface area contributed by atoms with Gasteiger partial charge < -0.3 is 10.4 Å². The number of aromatic nitrogens is 2. The monoisotopic (exact) mass is 254 g/mol. The predicted octanol–water partition coefficient (Wildman–Crippen LogP) is 0.323. The van der Waals surface area contributed by atoms with Gasteiger partial charge in [-0.1, -0.05) is 0 Å². The first-order chi connectivity index (χ1) is 8.47. The van der Waals surface area contributed by atoms with Crippen LogP contribution in [0.25, 0.3) is 0 Å². The lowest BCUT2D eigenvalue weighted by atomic mass is 10.2. The zero-order chi connectivity index (χ0) is 13.5. The number of rotatable bonds is 5. The summed E-state index contributed by atoms with van der Waals surface area (Å²) in [5, 5.41) is 16.7. The van der Waals surface area contributed by atoms with Crippen molar-refractivity contribution in [2.45, 2.75) is 19.3 Å². The molecule has 1 rings (SSSR count). The largest absolute Gasteiger partial charge is 0.481 e. The summed E-state index contributed by atoms with van der Waals surface area (Å²) in [7, 11) is 1.69. The first-order valence-corrected chi connectivity index (χ1v) is 5.28. The van der Waals surface area contributed by atoms with Gasteiger partial charge in [-0.25, -0.2) is 4.79 Å². The van der Waals surface area contributed by atoms with Gasteiger partial charge in [-0.2, -0.15) is 5.10 Å². The molecule has 1 aromatic heterocycles. The van der Waals surface area contributed by atoms with Crippen LogP contribution in [0.15, 0.2) is 12.4 Å². The maximum absolute atomic E-state index is 11.3. The molecule has 3 N–H and O–H groups in total. The molecule has 0 fully saturated rings. The number of carbonyl (C=O) groups is 3. The summed E-state index contributed by atoms with van der Waals surface area (Å²) >= 11 is 0. The summed E-state index contributed by atoms with van der Waals surface area (Å²) in [4.78, 5) is 32.8. The molecule has 98 valence electrons. The number of nitrogens with one attached hydrogen (secondary N) is 2. The molecular weight excluding hydrogens is 240 g/mol. The maximum Gasteiger partial charge on any atom is 0.325 e. The van der Waals surface area contributed by atoms with Crippen molar-refractivity contribution >= 4 is 23.6 Å². The molecule has 0 aliphatic heterocycles. The van der Waals surface area contributed by atoms with Crippen LogP contribution in [0.2, 0.25) is 0 Å². The highest BCUT2D eigenvalue weighted by Crippen LogP contribution is 2.02. The molecule has 0 aliphatic rings. The summed E-state index contributed by atoms with van der Waals surface area (Å²) in [6, 6.07) is -0.664. The summed E-state index contributed by atoms with van der Waals surface area (Å²) in [6.07, 6.45) is 3.11. The van der Waals surface area contributed by atoms with Crippen LogP contribution in [-0.4, -0.2) is 32.8 Å². The highest BCUT2D eigenvalue weighted by atomic mass is 16.4. The number of aryl methyl sites for hydroxylation is 1. The molecule has 0 aromatic carbocycles. The number of imide groups is 1. The zero-order valence-electron chi connectivity index (χ0n) is 9.84.